The summed E-state index contributed by atoms with van der Waals surface area (Å²) in [4.78, 5) is 16.7. The van der Waals surface area contributed by atoms with E-state index in [1.807, 2.05) is 18.2 Å². The molecule has 0 aromatic carbocycles. The fourth-order valence-corrected chi connectivity index (χ4v) is 5.30. The monoisotopic (exact) mass is 406 g/mol. The van der Waals surface area contributed by atoms with E-state index in [4.69, 9.17) is 0 Å². The second-order valence-corrected chi connectivity index (χ2v) is 9.27. The standard InChI is InChI=1S/C16H21F3N4O3S/c17-16(18,19)27(25,26)22-6-4-11(5-7-22)9-21-10-12-2-1-3-14-20-8-13(15(21)24)23(12)14/h1-3,11-13,20H,4-10H2. The maximum atomic E-state index is 12.8. The number of piperazine rings is 1. The van der Waals surface area contributed by atoms with Crippen molar-refractivity contribution in [1.82, 2.24) is 19.4 Å². The number of piperidine rings is 1. The normalized spacial score (nSPS) is 29.6. The number of alkyl halides is 3. The number of halogens is 3. The lowest BCUT2D eigenvalue weighted by Crippen LogP contribution is -2.60. The van der Waals surface area contributed by atoms with E-state index < -0.39 is 15.5 Å². The second kappa shape index (κ2) is 6.40. The minimum absolute atomic E-state index is 0.00266. The Morgan fingerprint density at radius 1 is 1.22 bits per heavy atom. The van der Waals surface area contributed by atoms with Crippen molar-refractivity contribution in [3.63, 3.8) is 0 Å². The smallest absolute Gasteiger partial charge is 0.369 e. The summed E-state index contributed by atoms with van der Waals surface area (Å²) in [5.74, 6) is 0.964. The Hall–Kier alpha value is -1.75. The maximum Gasteiger partial charge on any atom is 0.511 e. The quantitative estimate of drug-likeness (QED) is 0.737. The third-order valence-electron chi connectivity index (χ3n) is 5.72. The number of carbonyl (C=O) groups excluding carboxylic acids is 1. The first kappa shape index (κ1) is 18.6. The van der Waals surface area contributed by atoms with E-state index in [2.05, 4.69) is 10.2 Å². The van der Waals surface area contributed by atoms with Crippen molar-refractivity contribution >= 4 is 15.9 Å². The van der Waals surface area contributed by atoms with Crippen LogP contribution < -0.4 is 5.32 Å². The molecule has 27 heavy (non-hydrogen) atoms. The van der Waals surface area contributed by atoms with Crippen LogP contribution in [0.15, 0.2) is 24.0 Å². The Morgan fingerprint density at radius 3 is 2.59 bits per heavy atom. The molecule has 0 bridgehead atoms. The van der Waals surface area contributed by atoms with Crippen molar-refractivity contribution in [2.45, 2.75) is 30.4 Å². The summed E-state index contributed by atoms with van der Waals surface area (Å²) in [7, 11) is -5.27. The zero-order valence-electron chi connectivity index (χ0n) is 14.5. The predicted octanol–water partition coefficient (Wildman–Crippen LogP) is 0.444. The summed E-state index contributed by atoms with van der Waals surface area (Å²) < 4.78 is 61.6. The number of nitrogens with one attached hydrogen (secondary N) is 1. The van der Waals surface area contributed by atoms with Gasteiger partial charge in [-0.2, -0.15) is 17.5 Å². The highest BCUT2D eigenvalue weighted by Gasteiger charge is 2.51. The number of sulfonamides is 1. The summed E-state index contributed by atoms with van der Waals surface area (Å²) in [6.45, 7) is 1.20. The van der Waals surface area contributed by atoms with E-state index >= 15 is 0 Å². The van der Waals surface area contributed by atoms with Gasteiger partial charge >= 0.3 is 15.5 Å². The van der Waals surface area contributed by atoms with Gasteiger partial charge in [0, 0.05) is 32.7 Å². The van der Waals surface area contributed by atoms with E-state index in [1.165, 1.54) is 0 Å². The van der Waals surface area contributed by atoms with Gasteiger partial charge in [0.15, 0.2) is 0 Å². The van der Waals surface area contributed by atoms with Gasteiger partial charge in [0.25, 0.3) is 0 Å². The topological polar surface area (TPSA) is 73.0 Å². The van der Waals surface area contributed by atoms with Crippen LogP contribution in [0.1, 0.15) is 12.8 Å². The van der Waals surface area contributed by atoms with Crippen molar-refractivity contribution in [1.29, 1.82) is 0 Å². The molecule has 0 aliphatic carbocycles. The Balaban J connectivity index is 1.38. The van der Waals surface area contributed by atoms with Crippen LogP contribution in [0.2, 0.25) is 0 Å². The van der Waals surface area contributed by atoms with Gasteiger partial charge < -0.3 is 15.1 Å². The van der Waals surface area contributed by atoms with Gasteiger partial charge in [-0.3, -0.25) is 4.79 Å². The van der Waals surface area contributed by atoms with E-state index in [0.29, 0.717) is 36.8 Å². The van der Waals surface area contributed by atoms with Crippen LogP contribution in [0.5, 0.6) is 0 Å². The van der Waals surface area contributed by atoms with Crippen molar-refractivity contribution in [3.05, 3.63) is 24.0 Å². The van der Waals surface area contributed by atoms with E-state index in [1.54, 1.807) is 4.90 Å². The van der Waals surface area contributed by atoms with Crippen LogP contribution in [-0.2, 0) is 14.8 Å². The molecule has 11 heteroatoms. The molecule has 4 aliphatic heterocycles. The third kappa shape index (κ3) is 3.10. The average molecular weight is 406 g/mol. The number of rotatable bonds is 3. The lowest BCUT2D eigenvalue weighted by molar-refractivity contribution is -0.141. The predicted molar refractivity (Wildman–Crippen MR) is 90.5 cm³/mol. The molecular formula is C16H21F3N4O3S. The average Bonchev–Trinajstić information content (AvgIpc) is 3.05. The number of hydrogen-bond donors (Lipinski definition) is 1. The minimum atomic E-state index is -5.27. The molecule has 7 nitrogen and oxygen atoms in total. The van der Waals surface area contributed by atoms with Crippen molar-refractivity contribution in [3.8, 4) is 0 Å². The van der Waals surface area contributed by atoms with Gasteiger partial charge in [-0.15, -0.1) is 0 Å². The summed E-state index contributed by atoms with van der Waals surface area (Å²) in [6, 6.07) is -0.168. The molecule has 0 aromatic rings. The highest BCUT2D eigenvalue weighted by Crippen LogP contribution is 2.32. The van der Waals surface area contributed by atoms with E-state index in [0.717, 1.165) is 5.82 Å². The molecule has 4 aliphatic rings. The zero-order valence-corrected chi connectivity index (χ0v) is 15.3. The van der Waals surface area contributed by atoms with Gasteiger partial charge in [0.05, 0.1) is 6.04 Å². The first-order valence-corrected chi connectivity index (χ1v) is 10.4. The Bertz CT molecular complexity index is 787. The molecular weight excluding hydrogens is 385 g/mol. The van der Waals surface area contributed by atoms with Crippen LogP contribution in [0, 0.1) is 5.92 Å². The van der Waals surface area contributed by atoms with E-state index in [9.17, 15) is 26.4 Å². The molecule has 150 valence electrons. The van der Waals surface area contributed by atoms with Crippen LogP contribution in [0.3, 0.4) is 0 Å². The maximum absolute atomic E-state index is 12.8. The van der Waals surface area contributed by atoms with Crippen molar-refractivity contribution < 1.29 is 26.4 Å². The molecule has 1 amide bonds. The molecule has 0 radical (unpaired) electrons. The minimum Gasteiger partial charge on any atom is -0.369 e. The number of nitrogens with zero attached hydrogens (tertiary/aromatic N) is 3. The highest BCUT2D eigenvalue weighted by atomic mass is 32.2. The SMILES string of the molecule is O=C1C2CNC3=CC=CC(CN1CC1CCN(S(=O)(=O)C(F)(F)F)CC1)N32. The third-order valence-corrected chi connectivity index (χ3v) is 7.35. The zero-order chi connectivity index (χ0) is 19.4. The van der Waals surface area contributed by atoms with Crippen LogP contribution in [0.4, 0.5) is 13.2 Å². The molecule has 4 rings (SSSR count). The molecule has 3 fully saturated rings. The highest BCUT2D eigenvalue weighted by molar-refractivity contribution is 7.90. The lowest BCUT2D eigenvalue weighted by Gasteiger charge is -2.45. The lowest BCUT2D eigenvalue weighted by atomic mass is 9.95. The fraction of sp³-hybridized carbons (Fsp3) is 0.688. The van der Waals surface area contributed by atoms with Gasteiger partial charge in [0.1, 0.15) is 11.9 Å². The Morgan fingerprint density at radius 2 is 1.93 bits per heavy atom. The fourth-order valence-electron chi connectivity index (χ4n) is 4.32. The van der Waals surface area contributed by atoms with Crippen LogP contribution in [0.25, 0.3) is 0 Å². The summed E-state index contributed by atoms with van der Waals surface area (Å²) in [6.07, 6.45) is 6.58. The molecule has 4 heterocycles. The first-order valence-electron chi connectivity index (χ1n) is 8.94. The summed E-state index contributed by atoms with van der Waals surface area (Å²) in [5.41, 5.74) is -5.26. The van der Waals surface area contributed by atoms with Crippen molar-refractivity contribution in [2.75, 3.05) is 32.7 Å². The van der Waals surface area contributed by atoms with Crippen LogP contribution in [-0.4, -0.2) is 78.7 Å². The Kier molecular flexibility index (Phi) is 4.41. The number of amides is 1. The van der Waals surface area contributed by atoms with Gasteiger partial charge in [-0.25, -0.2) is 8.42 Å². The first-order chi connectivity index (χ1) is 12.7. The largest absolute Gasteiger partial charge is 0.511 e. The molecule has 3 saturated heterocycles. The molecule has 2 atom stereocenters. The number of carbonyl (C=O) groups is 1. The molecule has 0 spiro atoms. The summed E-state index contributed by atoms with van der Waals surface area (Å²) in [5, 5.41) is 3.23. The van der Waals surface area contributed by atoms with Gasteiger partial charge in [0.2, 0.25) is 5.91 Å². The molecule has 2 unspecified atom stereocenters. The number of allylic oxidation sites excluding steroid dienone is 2. The molecule has 1 N–H and O–H groups in total. The van der Waals surface area contributed by atoms with Crippen LogP contribution >= 0.6 is 0 Å². The molecule has 0 saturated carbocycles. The van der Waals surface area contributed by atoms with E-state index in [-0.39, 0.29) is 37.0 Å². The Labute approximate surface area is 155 Å². The van der Waals surface area contributed by atoms with Gasteiger partial charge in [-0.05, 0) is 24.8 Å². The molecule has 0 aromatic heterocycles. The second-order valence-electron chi connectivity index (χ2n) is 7.34. The number of hydrogen-bond acceptors (Lipinski definition) is 5. The summed E-state index contributed by atoms with van der Waals surface area (Å²) >= 11 is 0. The van der Waals surface area contributed by atoms with Gasteiger partial charge in [-0.1, -0.05) is 12.2 Å². The van der Waals surface area contributed by atoms with Crippen molar-refractivity contribution in [2.24, 2.45) is 5.92 Å².